The van der Waals surface area contributed by atoms with Gasteiger partial charge < -0.3 is 4.42 Å². The van der Waals surface area contributed by atoms with Crippen molar-refractivity contribution < 1.29 is 4.42 Å². The van der Waals surface area contributed by atoms with Crippen molar-refractivity contribution in [1.29, 1.82) is 0 Å². The average Bonchev–Trinajstić information content (AvgIpc) is 3.88. The van der Waals surface area contributed by atoms with E-state index in [1.165, 1.54) is 38.9 Å². The highest BCUT2D eigenvalue weighted by Crippen LogP contribution is 2.56. The van der Waals surface area contributed by atoms with Crippen molar-refractivity contribution in [3.05, 3.63) is 253 Å². The Labute approximate surface area is 360 Å². The number of aromatic nitrogens is 2. The van der Waals surface area contributed by atoms with E-state index < -0.39 is 5.41 Å². The Kier molecular flexibility index (Phi) is 8.39. The molecule has 0 bridgehead atoms. The van der Waals surface area contributed by atoms with Gasteiger partial charge in [-0.05, 0) is 92.0 Å². The molecule has 2 heterocycles. The summed E-state index contributed by atoms with van der Waals surface area (Å²) >= 11 is 0. The van der Waals surface area contributed by atoms with Crippen molar-refractivity contribution >= 4 is 21.9 Å². The fourth-order valence-corrected chi connectivity index (χ4v) is 9.69. The average molecular weight is 791 g/mol. The van der Waals surface area contributed by atoms with Crippen molar-refractivity contribution in [3.8, 4) is 67.3 Å². The monoisotopic (exact) mass is 790 g/mol. The highest BCUT2D eigenvalue weighted by Gasteiger charge is 2.45. The number of para-hydroxylation sites is 1. The number of furan rings is 1. The van der Waals surface area contributed by atoms with Gasteiger partial charge in [-0.3, -0.25) is 0 Å². The molecule has 290 valence electrons. The minimum atomic E-state index is -0.417. The van der Waals surface area contributed by atoms with Gasteiger partial charge in [-0.15, -0.1) is 0 Å². The van der Waals surface area contributed by atoms with Gasteiger partial charge in [0.1, 0.15) is 11.2 Å². The number of hydrogen-bond donors (Lipinski definition) is 0. The molecular formula is C59H38N2O. The Hall–Kier alpha value is -8.14. The molecule has 0 radical (unpaired) electrons. The van der Waals surface area contributed by atoms with Gasteiger partial charge in [-0.2, -0.15) is 0 Å². The second-order valence-electron chi connectivity index (χ2n) is 16.1. The molecule has 3 nitrogen and oxygen atoms in total. The molecule has 0 atom stereocenters. The lowest BCUT2D eigenvalue weighted by Gasteiger charge is -2.33. The molecule has 0 N–H and O–H groups in total. The first-order valence-corrected chi connectivity index (χ1v) is 21.1. The number of nitrogens with zero attached hydrogens (tertiary/aromatic N) is 2. The maximum atomic E-state index is 6.13. The van der Waals surface area contributed by atoms with E-state index in [0.717, 1.165) is 66.7 Å². The van der Waals surface area contributed by atoms with E-state index in [0.29, 0.717) is 5.82 Å². The third kappa shape index (κ3) is 5.82. The summed E-state index contributed by atoms with van der Waals surface area (Å²) in [6.07, 6.45) is 0. The minimum Gasteiger partial charge on any atom is -0.456 e. The summed E-state index contributed by atoms with van der Waals surface area (Å²) in [4.78, 5) is 10.3. The van der Waals surface area contributed by atoms with Crippen LogP contribution in [0, 0.1) is 0 Å². The zero-order valence-corrected chi connectivity index (χ0v) is 33.7. The van der Waals surface area contributed by atoms with E-state index in [4.69, 9.17) is 14.4 Å². The Bertz CT molecular complexity index is 3400. The highest BCUT2D eigenvalue weighted by atomic mass is 16.3. The second kappa shape index (κ2) is 14.5. The highest BCUT2D eigenvalue weighted by molar-refractivity contribution is 6.06. The molecule has 2 aromatic heterocycles. The van der Waals surface area contributed by atoms with Crippen molar-refractivity contribution in [2.75, 3.05) is 0 Å². The fourth-order valence-electron chi connectivity index (χ4n) is 9.69. The minimum absolute atomic E-state index is 0.417. The van der Waals surface area contributed by atoms with Crippen molar-refractivity contribution in [1.82, 2.24) is 9.97 Å². The van der Waals surface area contributed by atoms with E-state index >= 15 is 0 Å². The molecule has 0 unspecified atom stereocenters. The zero-order chi connectivity index (χ0) is 41.0. The molecule has 0 spiro atoms. The van der Waals surface area contributed by atoms with E-state index in [9.17, 15) is 0 Å². The maximum absolute atomic E-state index is 6.13. The van der Waals surface area contributed by atoms with Crippen LogP contribution in [-0.2, 0) is 5.41 Å². The number of hydrogen-bond acceptors (Lipinski definition) is 3. The molecule has 62 heavy (non-hydrogen) atoms. The third-order valence-electron chi connectivity index (χ3n) is 12.6. The van der Waals surface area contributed by atoms with Crippen molar-refractivity contribution in [2.45, 2.75) is 5.41 Å². The normalized spacial score (nSPS) is 12.6. The summed E-state index contributed by atoms with van der Waals surface area (Å²) in [5.41, 5.74) is 18.4. The second-order valence-corrected chi connectivity index (χ2v) is 16.1. The Balaban J connectivity index is 0.932. The van der Waals surface area contributed by atoms with Crippen LogP contribution in [0.25, 0.3) is 89.2 Å². The SMILES string of the molecule is c1ccc(-c2nc(-c3ccc(-c4ccc5c(c4)-c4ccccc4C5(c4ccccc4)c4ccccc4)cc3)cc(-c3cccc(-c4ccc5oc6ccccc6c5c4)c3)n2)cc1. The summed E-state index contributed by atoms with van der Waals surface area (Å²) in [5.74, 6) is 0.691. The Morgan fingerprint density at radius 1 is 0.306 bits per heavy atom. The molecule has 1 aliphatic rings. The molecular weight excluding hydrogens is 753 g/mol. The van der Waals surface area contributed by atoms with Crippen LogP contribution >= 0.6 is 0 Å². The lowest BCUT2D eigenvalue weighted by molar-refractivity contribution is 0.669. The predicted molar refractivity (Wildman–Crippen MR) is 254 cm³/mol. The third-order valence-corrected chi connectivity index (χ3v) is 12.6. The van der Waals surface area contributed by atoms with Crippen molar-refractivity contribution in [3.63, 3.8) is 0 Å². The first kappa shape index (κ1) is 35.8. The van der Waals surface area contributed by atoms with Gasteiger partial charge in [0.05, 0.1) is 16.8 Å². The standard InChI is InChI=1S/C59H38N2O/c1-4-15-41(16-5-1)58-60-54(38-55(61-58)45-18-14-17-42(35-45)44-32-34-57-51(37-44)49-24-11-13-26-56(49)62-57)40-29-27-39(28-30-40)43-31-33-53-50(36-43)48-23-10-12-25-52(48)59(53,46-19-6-2-7-20-46)47-21-8-3-9-22-47/h1-38H. The fraction of sp³-hybridized carbons (Fsp3) is 0.0169. The van der Waals surface area contributed by atoms with Crippen LogP contribution in [-0.4, -0.2) is 9.97 Å². The van der Waals surface area contributed by atoms with Gasteiger partial charge in [0.2, 0.25) is 0 Å². The maximum Gasteiger partial charge on any atom is 0.160 e. The van der Waals surface area contributed by atoms with Gasteiger partial charge in [0, 0.05) is 27.5 Å². The van der Waals surface area contributed by atoms with E-state index in [2.05, 4.69) is 200 Å². The van der Waals surface area contributed by atoms with Crippen LogP contribution in [0.4, 0.5) is 0 Å². The molecule has 0 saturated carbocycles. The van der Waals surface area contributed by atoms with E-state index in [1.54, 1.807) is 0 Å². The first-order chi connectivity index (χ1) is 30.7. The van der Waals surface area contributed by atoms with Crippen molar-refractivity contribution in [2.24, 2.45) is 0 Å². The van der Waals surface area contributed by atoms with Gasteiger partial charge in [0.25, 0.3) is 0 Å². The lowest BCUT2D eigenvalue weighted by Crippen LogP contribution is -2.28. The van der Waals surface area contributed by atoms with Gasteiger partial charge in [-0.1, -0.05) is 194 Å². The van der Waals surface area contributed by atoms with Crippen LogP contribution in [0.5, 0.6) is 0 Å². The largest absolute Gasteiger partial charge is 0.456 e. The zero-order valence-electron chi connectivity index (χ0n) is 33.7. The molecule has 3 heteroatoms. The number of fused-ring (bicyclic) bond motifs is 6. The Morgan fingerprint density at radius 2 is 0.839 bits per heavy atom. The summed E-state index contributed by atoms with van der Waals surface area (Å²) < 4.78 is 6.13. The van der Waals surface area contributed by atoms with Crippen LogP contribution in [0.2, 0.25) is 0 Å². The summed E-state index contributed by atoms with van der Waals surface area (Å²) in [6, 6.07) is 82.3. The van der Waals surface area contributed by atoms with Gasteiger partial charge in [0.15, 0.2) is 5.82 Å². The quantitative estimate of drug-likeness (QED) is 0.161. The lowest BCUT2D eigenvalue weighted by atomic mass is 9.67. The topological polar surface area (TPSA) is 38.9 Å². The smallest absolute Gasteiger partial charge is 0.160 e. The number of rotatable bonds is 7. The Morgan fingerprint density at radius 3 is 1.61 bits per heavy atom. The summed E-state index contributed by atoms with van der Waals surface area (Å²) in [7, 11) is 0. The molecule has 11 aromatic rings. The van der Waals surface area contributed by atoms with E-state index in [-0.39, 0.29) is 0 Å². The van der Waals surface area contributed by atoms with Gasteiger partial charge in [-0.25, -0.2) is 9.97 Å². The van der Waals surface area contributed by atoms with Crippen LogP contribution in [0.1, 0.15) is 22.3 Å². The molecule has 0 amide bonds. The van der Waals surface area contributed by atoms with Crippen LogP contribution in [0.15, 0.2) is 235 Å². The molecule has 9 aromatic carbocycles. The van der Waals surface area contributed by atoms with Crippen LogP contribution < -0.4 is 0 Å². The molecule has 0 saturated heterocycles. The number of benzene rings is 9. The predicted octanol–water partition coefficient (Wildman–Crippen LogP) is 15.1. The molecule has 1 aliphatic carbocycles. The molecule has 12 rings (SSSR count). The molecule has 0 fully saturated rings. The van der Waals surface area contributed by atoms with Crippen LogP contribution in [0.3, 0.4) is 0 Å². The van der Waals surface area contributed by atoms with Gasteiger partial charge >= 0.3 is 0 Å². The van der Waals surface area contributed by atoms with E-state index in [1.807, 2.05) is 30.3 Å². The molecule has 0 aliphatic heterocycles. The first-order valence-electron chi connectivity index (χ1n) is 21.1. The summed E-state index contributed by atoms with van der Waals surface area (Å²) in [6.45, 7) is 0. The summed E-state index contributed by atoms with van der Waals surface area (Å²) in [5, 5.41) is 2.23.